The minimum atomic E-state index is -1.17. The zero-order valence-corrected chi connectivity index (χ0v) is 20.4. The van der Waals surface area contributed by atoms with Crippen molar-refractivity contribution in [2.24, 2.45) is 12.5 Å². The summed E-state index contributed by atoms with van der Waals surface area (Å²) in [5, 5.41) is 9.61. The van der Waals surface area contributed by atoms with Crippen molar-refractivity contribution < 1.29 is 14.3 Å². The number of hydrogen-bond donors (Lipinski definition) is 1. The molecule has 2 heterocycles. The Morgan fingerprint density at radius 2 is 1.82 bits per heavy atom. The average Bonchev–Trinajstić information content (AvgIpc) is 2.95. The number of rotatable bonds is 6. The maximum Gasteiger partial charge on any atom is 0.408 e. The summed E-state index contributed by atoms with van der Waals surface area (Å²) in [6.45, 7) is 11.3. The molecule has 0 aliphatic heterocycles. The number of carbonyl (C=O) groups is 1. The van der Waals surface area contributed by atoms with Gasteiger partial charge < -0.3 is 5.11 Å². The number of hydrogen-bond acceptors (Lipinski definition) is 3. The fourth-order valence-corrected chi connectivity index (χ4v) is 4.18. The third-order valence-corrected chi connectivity index (χ3v) is 6.05. The van der Waals surface area contributed by atoms with Crippen molar-refractivity contribution in [3.63, 3.8) is 0 Å². The number of carboxylic acid groups (broad SMARTS) is 1. The Labute approximate surface area is 193 Å². The number of amides is 1. The van der Waals surface area contributed by atoms with Crippen LogP contribution in [0.3, 0.4) is 0 Å². The minimum Gasteiger partial charge on any atom is -0.465 e. The second-order valence-corrected chi connectivity index (χ2v) is 10.2. The summed E-state index contributed by atoms with van der Waals surface area (Å²) in [6, 6.07) is 9.48. The molecule has 0 aliphatic rings. The van der Waals surface area contributed by atoms with Crippen molar-refractivity contribution in [3.05, 3.63) is 51.9 Å². The highest BCUT2D eigenvalue weighted by Crippen LogP contribution is 2.33. The zero-order chi connectivity index (χ0) is 24.7. The van der Waals surface area contributed by atoms with E-state index in [1.54, 1.807) is 30.0 Å². The number of nitrogens with zero attached hydrogens (tertiary/aromatic N) is 4. The second kappa shape index (κ2) is 8.65. The minimum absolute atomic E-state index is 0.0666. The first kappa shape index (κ1) is 24.5. The van der Waals surface area contributed by atoms with Crippen LogP contribution in [0.1, 0.15) is 45.7 Å². The first-order valence-electron chi connectivity index (χ1n) is 11.0. The molecule has 0 atom stereocenters. The summed E-state index contributed by atoms with van der Waals surface area (Å²) in [4.78, 5) is 30.5. The standard InChI is InChI=1S/C25H33FN4O3/c1-16-8-9-17(25(5,6)30(13-12-26)23(32)33)14-18(16)19-10-11-20-21(27-19)28(7)22(31)29(20)15-24(2,3)4/h8-11,14H,12-13,15H2,1-7H3,(H,32,33). The van der Waals surface area contributed by atoms with Gasteiger partial charge in [0, 0.05) is 19.2 Å². The summed E-state index contributed by atoms with van der Waals surface area (Å²) < 4.78 is 16.3. The van der Waals surface area contributed by atoms with Crippen LogP contribution < -0.4 is 5.69 Å². The summed E-state index contributed by atoms with van der Waals surface area (Å²) >= 11 is 0. The van der Waals surface area contributed by atoms with Gasteiger partial charge in [-0.2, -0.15) is 0 Å². The van der Waals surface area contributed by atoms with Crippen LogP contribution in [0.5, 0.6) is 0 Å². The first-order chi connectivity index (χ1) is 15.3. The molecular formula is C25H33FN4O3. The zero-order valence-electron chi connectivity index (χ0n) is 20.4. The van der Waals surface area contributed by atoms with E-state index in [9.17, 15) is 19.1 Å². The fourth-order valence-electron chi connectivity index (χ4n) is 4.18. The fraction of sp³-hybridized carbons (Fsp3) is 0.480. The number of aromatic nitrogens is 3. The van der Waals surface area contributed by atoms with Crippen LogP contribution in [0.15, 0.2) is 35.1 Å². The summed E-state index contributed by atoms with van der Waals surface area (Å²) in [5.41, 5.74) is 3.48. The molecule has 0 saturated carbocycles. The summed E-state index contributed by atoms with van der Waals surface area (Å²) in [5.74, 6) is 0. The van der Waals surface area contributed by atoms with Crippen molar-refractivity contribution in [3.8, 4) is 11.3 Å². The highest BCUT2D eigenvalue weighted by atomic mass is 19.1. The topological polar surface area (TPSA) is 80.4 Å². The number of pyridine rings is 1. The summed E-state index contributed by atoms with van der Waals surface area (Å²) in [7, 11) is 1.72. The number of aryl methyl sites for hydroxylation is 2. The molecule has 0 aliphatic carbocycles. The number of fused-ring (bicyclic) bond motifs is 1. The highest BCUT2D eigenvalue weighted by Gasteiger charge is 2.33. The third kappa shape index (κ3) is 4.65. The molecule has 1 N–H and O–H groups in total. The van der Waals surface area contributed by atoms with E-state index < -0.39 is 18.3 Å². The van der Waals surface area contributed by atoms with Crippen molar-refractivity contribution in [2.75, 3.05) is 13.2 Å². The molecule has 178 valence electrons. The Morgan fingerprint density at radius 1 is 1.15 bits per heavy atom. The van der Waals surface area contributed by atoms with Gasteiger partial charge in [-0.05, 0) is 55.5 Å². The second-order valence-electron chi connectivity index (χ2n) is 10.2. The molecule has 8 heteroatoms. The molecule has 1 amide bonds. The van der Waals surface area contributed by atoms with Gasteiger partial charge in [0.25, 0.3) is 0 Å². The van der Waals surface area contributed by atoms with Crippen LogP contribution in [0.25, 0.3) is 22.4 Å². The van der Waals surface area contributed by atoms with Gasteiger partial charge >= 0.3 is 11.8 Å². The lowest BCUT2D eigenvalue weighted by Gasteiger charge is -2.36. The number of alkyl halides is 1. The number of halogens is 1. The van der Waals surface area contributed by atoms with Gasteiger partial charge in [0.1, 0.15) is 6.67 Å². The van der Waals surface area contributed by atoms with E-state index in [2.05, 4.69) is 20.8 Å². The Kier molecular flexibility index (Phi) is 6.42. The molecule has 3 aromatic rings. The van der Waals surface area contributed by atoms with Crippen LogP contribution >= 0.6 is 0 Å². The van der Waals surface area contributed by atoms with Crippen LogP contribution in [0.4, 0.5) is 9.18 Å². The summed E-state index contributed by atoms with van der Waals surface area (Å²) in [6.07, 6.45) is -1.17. The monoisotopic (exact) mass is 456 g/mol. The largest absolute Gasteiger partial charge is 0.465 e. The van der Waals surface area contributed by atoms with E-state index in [-0.39, 0.29) is 17.6 Å². The molecule has 0 saturated heterocycles. The highest BCUT2D eigenvalue weighted by molar-refractivity contribution is 5.77. The lowest BCUT2D eigenvalue weighted by Crippen LogP contribution is -2.46. The lowest BCUT2D eigenvalue weighted by molar-refractivity contribution is 0.0865. The van der Waals surface area contributed by atoms with Gasteiger partial charge in [-0.15, -0.1) is 0 Å². The van der Waals surface area contributed by atoms with Gasteiger partial charge in [-0.25, -0.2) is 19.0 Å². The molecule has 0 bridgehead atoms. The van der Waals surface area contributed by atoms with Crippen molar-refractivity contribution in [1.82, 2.24) is 19.0 Å². The molecule has 2 aromatic heterocycles. The molecule has 1 aromatic carbocycles. The van der Waals surface area contributed by atoms with Gasteiger partial charge in [0.2, 0.25) is 0 Å². The first-order valence-corrected chi connectivity index (χ1v) is 11.0. The Balaban J connectivity index is 2.14. The van der Waals surface area contributed by atoms with Crippen LogP contribution in [-0.4, -0.2) is 43.4 Å². The molecular weight excluding hydrogens is 423 g/mol. The maximum absolute atomic E-state index is 13.0. The van der Waals surface area contributed by atoms with Gasteiger partial charge in [-0.1, -0.05) is 32.9 Å². The van der Waals surface area contributed by atoms with Crippen molar-refractivity contribution >= 4 is 17.3 Å². The van der Waals surface area contributed by atoms with Crippen LogP contribution in [0, 0.1) is 12.3 Å². The van der Waals surface area contributed by atoms with E-state index >= 15 is 0 Å². The predicted octanol–water partition coefficient (Wildman–Crippen LogP) is 4.94. The molecule has 3 rings (SSSR count). The SMILES string of the molecule is Cc1ccc(C(C)(C)N(CCF)C(=O)O)cc1-c1ccc2c(n1)n(C)c(=O)n2CC(C)(C)C. The number of benzene rings is 1. The normalized spacial score (nSPS) is 12.4. The third-order valence-electron chi connectivity index (χ3n) is 6.05. The quantitative estimate of drug-likeness (QED) is 0.570. The average molecular weight is 457 g/mol. The Hall–Kier alpha value is -3.16. The van der Waals surface area contributed by atoms with Gasteiger partial charge in [0.05, 0.1) is 23.3 Å². The smallest absolute Gasteiger partial charge is 0.408 e. The van der Waals surface area contributed by atoms with Gasteiger partial charge in [-0.3, -0.25) is 14.0 Å². The van der Waals surface area contributed by atoms with E-state index in [0.29, 0.717) is 17.9 Å². The van der Waals surface area contributed by atoms with E-state index in [1.165, 1.54) is 0 Å². The van der Waals surface area contributed by atoms with E-state index in [0.717, 1.165) is 27.1 Å². The molecule has 0 radical (unpaired) electrons. The molecule has 7 nitrogen and oxygen atoms in total. The van der Waals surface area contributed by atoms with Gasteiger partial charge in [0.15, 0.2) is 5.65 Å². The van der Waals surface area contributed by atoms with E-state index in [4.69, 9.17) is 4.98 Å². The van der Waals surface area contributed by atoms with Crippen LogP contribution in [0.2, 0.25) is 0 Å². The molecule has 0 unspecified atom stereocenters. The van der Waals surface area contributed by atoms with Crippen LogP contribution in [-0.2, 0) is 19.1 Å². The lowest BCUT2D eigenvalue weighted by atomic mass is 9.89. The Bertz CT molecular complexity index is 1250. The van der Waals surface area contributed by atoms with Crippen molar-refractivity contribution in [1.29, 1.82) is 0 Å². The Morgan fingerprint density at radius 3 is 2.39 bits per heavy atom. The number of imidazole rings is 1. The van der Waals surface area contributed by atoms with Crippen molar-refractivity contribution in [2.45, 2.75) is 53.6 Å². The molecule has 33 heavy (non-hydrogen) atoms. The predicted molar refractivity (Wildman–Crippen MR) is 128 cm³/mol. The van der Waals surface area contributed by atoms with E-state index in [1.807, 2.05) is 37.3 Å². The molecule has 0 spiro atoms. The maximum atomic E-state index is 13.0. The molecule has 0 fully saturated rings.